The summed E-state index contributed by atoms with van der Waals surface area (Å²) < 4.78 is 11.2. The largest absolute Gasteiger partial charge is 0.366 e. The molecule has 1 fully saturated rings. The highest BCUT2D eigenvalue weighted by molar-refractivity contribution is 5.57. The highest BCUT2D eigenvalue weighted by Crippen LogP contribution is 2.25. The zero-order valence-electron chi connectivity index (χ0n) is 14.9. The van der Waals surface area contributed by atoms with Crippen molar-refractivity contribution in [2.45, 2.75) is 25.9 Å². The average molecular weight is 351 g/mol. The van der Waals surface area contributed by atoms with Crippen LogP contribution in [-0.4, -0.2) is 39.8 Å². The molecule has 1 aliphatic rings. The highest BCUT2D eigenvalue weighted by atomic mass is 16.5. The molecule has 0 bridgehead atoms. The first kappa shape index (κ1) is 16.7. The fraction of sp³-hybridized carbons (Fsp3) is 0.368. The molecule has 134 valence electrons. The fourth-order valence-corrected chi connectivity index (χ4v) is 2.88. The maximum atomic E-state index is 5.85. The normalized spacial score (nSPS) is 17.7. The molecule has 0 radical (unpaired) electrons. The number of aromatic nitrogens is 4. The maximum absolute atomic E-state index is 5.85. The van der Waals surface area contributed by atoms with Crippen molar-refractivity contribution in [2.75, 3.05) is 24.6 Å². The summed E-state index contributed by atoms with van der Waals surface area (Å²) in [5.74, 6) is 3.02. The van der Waals surface area contributed by atoms with Gasteiger partial charge in [-0.25, -0.2) is 9.97 Å². The number of rotatable bonds is 4. The van der Waals surface area contributed by atoms with Crippen LogP contribution in [0.25, 0.3) is 11.4 Å². The van der Waals surface area contributed by atoms with Gasteiger partial charge in [0, 0.05) is 24.2 Å². The topological polar surface area (TPSA) is 77.2 Å². The van der Waals surface area contributed by atoms with Crippen molar-refractivity contribution in [3.05, 3.63) is 54.3 Å². The van der Waals surface area contributed by atoms with Gasteiger partial charge in [0.2, 0.25) is 11.7 Å². The molecule has 3 heterocycles. The van der Waals surface area contributed by atoms with Gasteiger partial charge >= 0.3 is 0 Å². The average Bonchev–Trinajstić information content (AvgIpc) is 3.20. The van der Waals surface area contributed by atoms with Crippen molar-refractivity contribution in [3.8, 4) is 11.4 Å². The molecular formula is C19H21N5O2. The standard InChI is InChI=1S/C19H21N5O2/c1-13(2)19-22-18(23-26-19)15-12-24(10-11-25-15)16-8-9-20-17(21-16)14-6-4-3-5-7-14/h3-9,13,15H,10-12H2,1-2H3. The summed E-state index contributed by atoms with van der Waals surface area (Å²) in [6, 6.07) is 11.9. The van der Waals surface area contributed by atoms with Crippen LogP contribution in [0.1, 0.15) is 37.6 Å². The van der Waals surface area contributed by atoms with Gasteiger partial charge in [0.25, 0.3) is 0 Å². The molecule has 1 aromatic carbocycles. The molecule has 1 saturated heterocycles. The van der Waals surface area contributed by atoms with E-state index in [1.54, 1.807) is 6.20 Å². The lowest BCUT2D eigenvalue weighted by molar-refractivity contribution is 0.0323. The van der Waals surface area contributed by atoms with E-state index in [2.05, 4.69) is 20.0 Å². The van der Waals surface area contributed by atoms with E-state index in [4.69, 9.17) is 14.2 Å². The zero-order chi connectivity index (χ0) is 17.9. The van der Waals surface area contributed by atoms with E-state index in [9.17, 15) is 0 Å². The molecule has 4 rings (SSSR count). The van der Waals surface area contributed by atoms with E-state index in [-0.39, 0.29) is 12.0 Å². The van der Waals surface area contributed by atoms with E-state index in [0.717, 1.165) is 17.9 Å². The number of anilines is 1. The lowest BCUT2D eigenvalue weighted by Gasteiger charge is -2.32. The molecule has 0 N–H and O–H groups in total. The number of hydrogen-bond donors (Lipinski definition) is 0. The van der Waals surface area contributed by atoms with E-state index in [1.807, 2.05) is 50.2 Å². The van der Waals surface area contributed by atoms with Gasteiger partial charge in [-0.3, -0.25) is 0 Å². The van der Waals surface area contributed by atoms with Gasteiger partial charge < -0.3 is 14.2 Å². The molecule has 3 aromatic rings. The number of morpholine rings is 1. The molecule has 0 spiro atoms. The summed E-state index contributed by atoms with van der Waals surface area (Å²) >= 11 is 0. The van der Waals surface area contributed by atoms with Crippen LogP contribution in [0.4, 0.5) is 5.82 Å². The van der Waals surface area contributed by atoms with Gasteiger partial charge in [-0.05, 0) is 6.07 Å². The smallest absolute Gasteiger partial charge is 0.229 e. The molecule has 7 nitrogen and oxygen atoms in total. The van der Waals surface area contributed by atoms with Gasteiger partial charge in [0.15, 0.2) is 5.82 Å². The number of ether oxygens (including phenoxy) is 1. The summed E-state index contributed by atoms with van der Waals surface area (Å²) in [6.07, 6.45) is 1.57. The Morgan fingerprint density at radius 2 is 1.96 bits per heavy atom. The summed E-state index contributed by atoms with van der Waals surface area (Å²) in [6.45, 7) is 6.02. The molecule has 0 aliphatic carbocycles. The van der Waals surface area contributed by atoms with Gasteiger partial charge in [-0.1, -0.05) is 49.3 Å². The second kappa shape index (κ2) is 7.21. The van der Waals surface area contributed by atoms with Crippen molar-refractivity contribution in [1.82, 2.24) is 20.1 Å². The number of nitrogens with zero attached hydrogens (tertiary/aromatic N) is 5. The Morgan fingerprint density at radius 3 is 2.73 bits per heavy atom. The van der Waals surface area contributed by atoms with E-state index in [0.29, 0.717) is 30.7 Å². The Labute approximate surface area is 152 Å². The van der Waals surface area contributed by atoms with Crippen molar-refractivity contribution >= 4 is 5.82 Å². The first-order chi connectivity index (χ1) is 12.7. The Hall–Kier alpha value is -2.80. The zero-order valence-corrected chi connectivity index (χ0v) is 14.9. The molecule has 1 atom stereocenters. The summed E-state index contributed by atoms with van der Waals surface area (Å²) in [4.78, 5) is 15.8. The first-order valence-electron chi connectivity index (χ1n) is 8.79. The van der Waals surface area contributed by atoms with Crippen LogP contribution in [0.5, 0.6) is 0 Å². The van der Waals surface area contributed by atoms with Gasteiger partial charge in [0.1, 0.15) is 11.9 Å². The summed E-state index contributed by atoms with van der Waals surface area (Å²) in [7, 11) is 0. The van der Waals surface area contributed by atoms with E-state index in [1.165, 1.54) is 0 Å². The van der Waals surface area contributed by atoms with Crippen LogP contribution < -0.4 is 4.90 Å². The molecule has 2 aromatic heterocycles. The molecule has 0 saturated carbocycles. The minimum Gasteiger partial charge on any atom is -0.366 e. The van der Waals surface area contributed by atoms with Gasteiger partial charge in [-0.2, -0.15) is 4.98 Å². The Bertz CT molecular complexity index is 865. The monoisotopic (exact) mass is 351 g/mol. The molecule has 1 unspecified atom stereocenters. The minimum atomic E-state index is -0.227. The predicted molar refractivity (Wildman–Crippen MR) is 96.8 cm³/mol. The highest BCUT2D eigenvalue weighted by Gasteiger charge is 2.27. The lowest BCUT2D eigenvalue weighted by atomic mass is 10.2. The minimum absolute atomic E-state index is 0.200. The van der Waals surface area contributed by atoms with Crippen molar-refractivity contribution in [1.29, 1.82) is 0 Å². The third kappa shape index (κ3) is 3.43. The maximum Gasteiger partial charge on any atom is 0.229 e. The van der Waals surface area contributed by atoms with E-state index >= 15 is 0 Å². The summed E-state index contributed by atoms with van der Waals surface area (Å²) in [5.41, 5.74) is 0.999. The second-order valence-electron chi connectivity index (χ2n) is 6.56. The second-order valence-corrected chi connectivity index (χ2v) is 6.56. The first-order valence-corrected chi connectivity index (χ1v) is 8.79. The van der Waals surface area contributed by atoms with Crippen molar-refractivity contribution in [2.24, 2.45) is 0 Å². The molecule has 0 amide bonds. The Kier molecular flexibility index (Phi) is 4.62. The van der Waals surface area contributed by atoms with Crippen molar-refractivity contribution in [3.63, 3.8) is 0 Å². The molecule has 26 heavy (non-hydrogen) atoms. The van der Waals surface area contributed by atoms with E-state index < -0.39 is 0 Å². The van der Waals surface area contributed by atoms with Crippen LogP contribution >= 0.6 is 0 Å². The van der Waals surface area contributed by atoms with Gasteiger partial charge in [0.05, 0.1) is 13.2 Å². The third-order valence-corrected chi connectivity index (χ3v) is 4.30. The molecule has 1 aliphatic heterocycles. The Balaban J connectivity index is 1.54. The fourth-order valence-electron chi connectivity index (χ4n) is 2.88. The third-order valence-electron chi connectivity index (χ3n) is 4.30. The van der Waals surface area contributed by atoms with Crippen LogP contribution in [0.3, 0.4) is 0 Å². The number of benzene rings is 1. The SMILES string of the molecule is CC(C)c1nc(C2CN(c3ccnc(-c4ccccc4)n3)CCO2)no1. The molecular weight excluding hydrogens is 330 g/mol. The predicted octanol–water partition coefficient (Wildman–Crippen LogP) is 3.23. The van der Waals surface area contributed by atoms with Crippen LogP contribution in [0.2, 0.25) is 0 Å². The Morgan fingerprint density at radius 1 is 1.12 bits per heavy atom. The van der Waals surface area contributed by atoms with Crippen LogP contribution in [0.15, 0.2) is 47.1 Å². The van der Waals surface area contributed by atoms with Crippen LogP contribution in [-0.2, 0) is 4.74 Å². The van der Waals surface area contributed by atoms with Gasteiger partial charge in [-0.15, -0.1) is 0 Å². The number of hydrogen-bond acceptors (Lipinski definition) is 7. The molecule has 7 heteroatoms. The van der Waals surface area contributed by atoms with Crippen molar-refractivity contribution < 1.29 is 9.26 Å². The quantitative estimate of drug-likeness (QED) is 0.714. The summed E-state index contributed by atoms with van der Waals surface area (Å²) in [5, 5.41) is 4.08. The van der Waals surface area contributed by atoms with Crippen LogP contribution in [0, 0.1) is 0 Å². The lowest BCUT2D eigenvalue weighted by Crippen LogP contribution is -2.39.